The number of thiazole rings is 1. The molecule has 1 atom stereocenters. The third kappa shape index (κ3) is 5.09. The van der Waals surface area contributed by atoms with Crippen molar-refractivity contribution >= 4 is 39.3 Å². The molecule has 0 spiro atoms. The van der Waals surface area contributed by atoms with Crippen LogP contribution in [0.5, 0.6) is 0 Å². The van der Waals surface area contributed by atoms with E-state index in [1.807, 2.05) is 31.2 Å². The summed E-state index contributed by atoms with van der Waals surface area (Å²) in [5.41, 5.74) is 2.73. The van der Waals surface area contributed by atoms with Crippen molar-refractivity contribution < 1.29 is 22.8 Å². The minimum absolute atomic E-state index is 0.123. The van der Waals surface area contributed by atoms with Gasteiger partial charge in [0.1, 0.15) is 6.54 Å². The molecule has 0 aliphatic carbocycles. The molecule has 0 saturated carbocycles. The van der Waals surface area contributed by atoms with Crippen LogP contribution < -0.4 is 10.6 Å². The molecule has 0 aliphatic heterocycles. The van der Waals surface area contributed by atoms with E-state index in [1.165, 1.54) is 30.4 Å². The van der Waals surface area contributed by atoms with E-state index in [1.54, 1.807) is 17.5 Å². The van der Waals surface area contributed by atoms with Crippen molar-refractivity contribution in [2.75, 3.05) is 5.32 Å². The Kier molecular flexibility index (Phi) is 6.38. The monoisotopic (exact) mass is 487 g/mol. The lowest BCUT2D eigenvalue weighted by Gasteiger charge is -2.13. The van der Waals surface area contributed by atoms with Gasteiger partial charge < -0.3 is 15.2 Å². The number of para-hydroxylation sites is 2. The van der Waals surface area contributed by atoms with Crippen molar-refractivity contribution in [3.05, 3.63) is 65.3 Å². The second-order valence-electron chi connectivity index (χ2n) is 7.64. The number of nitrogens with zero attached hydrogens (tertiary/aromatic N) is 3. The first-order chi connectivity index (χ1) is 16.1. The first kappa shape index (κ1) is 23.4. The van der Waals surface area contributed by atoms with Crippen LogP contribution in [0.15, 0.2) is 53.9 Å². The van der Waals surface area contributed by atoms with E-state index in [-0.39, 0.29) is 28.1 Å². The zero-order valence-electron chi connectivity index (χ0n) is 18.2. The highest BCUT2D eigenvalue weighted by Gasteiger charge is 2.38. The van der Waals surface area contributed by atoms with Crippen molar-refractivity contribution in [3.8, 4) is 11.3 Å². The molecule has 0 fully saturated rings. The predicted octanol–water partition coefficient (Wildman–Crippen LogP) is 5.01. The molecule has 2 heterocycles. The van der Waals surface area contributed by atoms with Gasteiger partial charge in [0, 0.05) is 17.9 Å². The Bertz CT molecular complexity index is 1340. The molecule has 4 rings (SSSR count). The van der Waals surface area contributed by atoms with Crippen molar-refractivity contribution in [1.29, 1.82) is 0 Å². The highest BCUT2D eigenvalue weighted by molar-refractivity contribution is 7.14. The minimum Gasteiger partial charge on any atom is -0.350 e. The van der Waals surface area contributed by atoms with Crippen LogP contribution in [0.25, 0.3) is 22.3 Å². The maximum atomic E-state index is 13.4. The van der Waals surface area contributed by atoms with Crippen LogP contribution in [-0.2, 0) is 22.3 Å². The second kappa shape index (κ2) is 9.26. The Balaban J connectivity index is 1.48. The molecule has 4 aromatic rings. The summed E-state index contributed by atoms with van der Waals surface area (Å²) in [5, 5.41) is 7.40. The summed E-state index contributed by atoms with van der Waals surface area (Å²) >= 11 is 1.17. The van der Waals surface area contributed by atoms with Crippen LogP contribution in [0.4, 0.5) is 18.3 Å². The number of rotatable bonds is 6. The fraction of sp³-hybridized carbons (Fsp3) is 0.217. The maximum Gasteiger partial charge on any atom is 0.449 e. The lowest BCUT2D eigenvalue weighted by atomic mass is 10.1. The Morgan fingerprint density at radius 2 is 1.79 bits per heavy atom. The number of alkyl halides is 3. The fourth-order valence-electron chi connectivity index (χ4n) is 3.55. The molecule has 0 saturated heterocycles. The Labute approximate surface area is 196 Å². The summed E-state index contributed by atoms with van der Waals surface area (Å²) in [6.45, 7) is 2.77. The molecule has 7 nitrogen and oxygen atoms in total. The van der Waals surface area contributed by atoms with Crippen LogP contribution in [-0.4, -0.2) is 26.3 Å². The zero-order valence-corrected chi connectivity index (χ0v) is 19.0. The summed E-state index contributed by atoms with van der Waals surface area (Å²) in [4.78, 5) is 31.8. The molecule has 176 valence electrons. The summed E-state index contributed by atoms with van der Waals surface area (Å²) < 4.78 is 41.2. The van der Waals surface area contributed by atoms with Crippen LogP contribution in [0, 0.1) is 0 Å². The standard InChI is InChI=1S/C23H20F3N5O2S/c1-13(27-14(2)32)15-7-9-16(10-8-15)18-12-34-22(29-18)30-20(33)11-31-19-6-4-3-5-17(19)28-21(31)23(24,25)26/h3-10,12-13H,11H2,1-2H3,(H,27,32)(H,29,30,33). The van der Waals surface area contributed by atoms with Crippen LogP contribution in [0.2, 0.25) is 0 Å². The van der Waals surface area contributed by atoms with Gasteiger partial charge in [-0.2, -0.15) is 13.2 Å². The number of nitrogens with one attached hydrogen (secondary N) is 2. The third-order valence-electron chi connectivity index (χ3n) is 5.09. The lowest BCUT2D eigenvalue weighted by molar-refractivity contribution is -0.147. The molecule has 2 N–H and O–H groups in total. The minimum atomic E-state index is -4.70. The number of amides is 2. The Morgan fingerprint density at radius 1 is 1.09 bits per heavy atom. The molecule has 2 aromatic carbocycles. The molecular formula is C23H20F3N5O2S. The summed E-state index contributed by atoms with van der Waals surface area (Å²) in [7, 11) is 0. The van der Waals surface area contributed by atoms with E-state index >= 15 is 0 Å². The van der Waals surface area contributed by atoms with E-state index in [0.29, 0.717) is 5.69 Å². The largest absolute Gasteiger partial charge is 0.449 e. The SMILES string of the molecule is CC(=O)NC(C)c1ccc(-c2csc(NC(=O)Cn3c(C(F)(F)F)nc4ccccc43)n2)cc1. The van der Waals surface area contributed by atoms with E-state index in [9.17, 15) is 22.8 Å². The number of carbonyl (C=O) groups excluding carboxylic acids is 2. The highest BCUT2D eigenvalue weighted by atomic mass is 32.1. The number of hydrogen-bond donors (Lipinski definition) is 2. The second-order valence-corrected chi connectivity index (χ2v) is 8.50. The van der Waals surface area contributed by atoms with Gasteiger partial charge in [0.05, 0.1) is 22.8 Å². The molecular weight excluding hydrogens is 467 g/mol. The molecule has 1 unspecified atom stereocenters. The average molecular weight is 488 g/mol. The van der Waals surface area contributed by atoms with Gasteiger partial charge in [-0.05, 0) is 24.6 Å². The first-order valence-electron chi connectivity index (χ1n) is 10.3. The highest BCUT2D eigenvalue weighted by Crippen LogP contribution is 2.32. The van der Waals surface area contributed by atoms with Crippen molar-refractivity contribution in [2.24, 2.45) is 0 Å². The van der Waals surface area contributed by atoms with E-state index in [2.05, 4.69) is 20.6 Å². The van der Waals surface area contributed by atoms with E-state index in [4.69, 9.17) is 0 Å². The maximum absolute atomic E-state index is 13.4. The Morgan fingerprint density at radius 3 is 2.47 bits per heavy atom. The number of aromatic nitrogens is 3. The zero-order chi connectivity index (χ0) is 24.5. The van der Waals surface area contributed by atoms with Gasteiger partial charge in [0.2, 0.25) is 17.6 Å². The van der Waals surface area contributed by atoms with Crippen molar-refractivity contribution in [2.45, 2.75) is 32.6 Å². The van der Waals surface area contributed by atoms with Gasteiger partial charge >= 0.3 is 6.18 Å². The molecule has 0 bridgehead atoms. The Hall–Kier alpha value is -3.73. The average Bonchev–Trinajstić information content (AvgIpc) is 3.38. The molecule has 34 heavy (non-hydrogen) atoms. The summed E-state index contributed by atoms with van der Waals surface area (Å²) in [6, 6.07) is 13.4. The van der Waals surface area contributed by atoms with Gasteiger partial charge in [-0.25, -0.2) is 9.97 Å². The van der Waals surface area contributed by atoms with Crippen molar-refractivity contribution in [3.63, 3.8) is 0 Å². The van der Waals surface area contributed by atoms with Crippen molar-refractivity contribution in [1.82, 2.24) is 19.9 Å². The van der Waals surface area contributed by atoms with Gasteiger partial charge in [-0.15, -0.1) is 11.3 Å². The van der Waals surface area contributed by atoms with Gasteiger partial charge in [-0.1, -0.05) is 36.4 Å². The number of fused-ring (bicyclic) bond motifs is 1. The van der Waals surface area contributed by atoms with Crippen LogP contribution in [0.1, 0.15) is 31.3 Å². The van der Waals surface area contributed by atoms with E-state index < -0.39 is 24.5 Å². The summed E-state index contributed by atoms with van der Waals surface area (Å²) in [6.07, 6.45) is -4.70. The van der Waals surface area contributed by atoms with Crippen LogP contribution >= 0.6 is 11.3 Å². The predicted molar refractivity (Wildman–Crippen MR) is 123 cm³/mol. The molecule has 2 aromatic heterocycles. The first-order valence-corrected chi connectivity index (χ1v) is 11.1. The van der Waals surface area contributed by atoms with Gasteiger partial charge in [0.25, 0.3) is 0 Å². The molecule has 0 radical (unpaired) electrons. The van der Waals surface area contributed by atoms with E-state index in [0.717, 1.165) is 15.7 Å². The fourth-order valence-corrected chi connectivity index (χ4v) is 4.28. The van der Waals surface area contributed by atoms with Gasteiger partial charge in [-0.3, -0.25) is 9.59 Å². The smallest absolute Gasteiger partial charge is 0.350 e. The van der Waals surface area contributed by atoms with Crippen LogP contribution in [0.3, 0.4) is 0 Å². The lowest BCUT2D eigenvalue weighted by Crippen LogP contribution is -2.23. The number of hydrogen-bond acceptors (Lipinski definition) is 5. The molecule has 0 aliphatic rings. The summed E-state index contributed by atoms with van der Waals surface area (Å²) in [5.74, 6) is -1.89. The number of benzene rings is 2. The normalized spacial score (nSPS) is 12.5. The molecule has 11 heteroatoms. The third-order valence-corrected chi connectivity index (χ3v) is 5.84. The number of carbonyl (C=O) groups is 2. The number of halogens is 3. The number of anilines is 1. The number of imidazole rings is 1. The topological polar surface area (TPSA) is 88.9 Å². The molecule has 2 amide bonds. The van der Waals surface area contributed by atoms with Gasteiger partial charge in [0.15, 0.2) is 5.13 Å². The quantitative estimate of drug-likeness (QED) is 0.400.